The molecule has 8 heteroatoms. The molecule has 0 saturated heterocycles. The summed E-state index contributed by atoms with van der Waals surface area (Å²) in [6.07, 6.45) is 4.88. The van der Waals surface area contributed by atoms with Crippen LogP contribution in [0.1, 0.15) is 49.4 Å². The molecule has 1 heterocycles. The molecule has 142 valence electrons. The molecule has 0 fully saturated rings. The van der Waals surface area contributed by atoms with Gasteiger partial charge in [0, 0.05) is 28.3 Å². The summed E-state index contributed by atoms with van der Waals surface area (Å²) in [6, 6.07) is 5.39. The SMILES string of the molecule is CCOC(=O)C1=C(C(=O)c2ccc([N+](=O)[O-])cc2)SC2=C(CCCCC2)N1. The van der Waals surface area contributed by atoms with Gasteiger partial charge in [-0.05, 0) is 44.7 Å². The fraction of sp³-hybridized carbons (Fsp3) is 0.368. The zero-order chi connectivity index (χ0) is 19.4. The minimum Gasteiger partial charge on any atom is -0.461 e. The Bertz CT molecular complexity index is 842. The molecule has 1 N–H and O–H groups in total. The lowest BCUT2D eigenvalue weighted by molar-refractivity contribution is -0.384. The summed E-state index contributed by atoms with van der Waals surface area (Å²) in [4.78, 5) is 37.1. The number of nitro benzene ring substituents is 1. The average molecular weight is 388 g/mol. The van der Waals surface area contributed by atoms with Crippen molar-refractivity contribution in [3.05, 3.63) is 61.1 Å². The zero-order valence-corrected chi connectivity index (χ0v) is 15.8. The molecule has 0 spiro atoms. The Balaban J connectivity index is 1.95. The van der Waals surface area contributed by atoms with Gasteiger partial charge in [-0.2, -0.15) is 0 Å². The lowest BCUT2D eigenvalue weighted by atomic mass is 10.1. The van der Waals surface area contributed by atoms with Crippen LogP contribution in [-0.4, -0.2) is 23.3 Å². The molecule has 1 aromatic rings. The number of nitro groups is 1. The van der Waals surface area contributed by atoms with Crippen LogP contribution in [0.4, 0.5) is 5.69 Å². The van der Waals surface area contributed by atoms with Crippen LogP contribution < -0.4 is 5.32 Å². The van der Waals surface area contributed by atoms with Crippen LogP contribution in [0.2, 0.25) is 0 Å². The van der Waals surface area contributed by atoms with Gasteiger partial charge in [0.25, 0.3) is 5.69 Å². The molecule has 7 nitrogen and oxygen atoms in total. The molecule has 1 aromatic carbocycles. The van der Waals surface area contributed by atoms with E-state index in [-0.39, 0.29) is 28.7 Å². The average Bonchev–Trinajstić information content (AvgIpc) is 2.91. The molecular weight excluding hydrogens is 368 g/mol. The number of carbonyl (C=O) groups is 2. The van der Waals surface area contributed by atoms with Crippen molar-refractivity contribution in [1.29, 1.82) is 0 Å². The first-order valence-corrected chi connectivity index (χ1v) is 9.70. The van der Waals surface area contributed by atoms with Crippen LogP contribution in [0.15, 0.2) is 45.5 Å². The lowest BCUT2D eigenvalue weighted by Crippen LogP contribution is -2.28. The molecular formula is C19H20N2O5S. The highest BCUT2D eigenvalue weighted by atomic mass is 32.2. The monoisotopic (exact) mass is 388 g/mol. The van der Waals surface area contributed by atoms with E-state index in [1.165, 1.54) is 36.0 Å². The number of hydrogen-bond acceptors (Lipinski definition) is 7. The Kier molecular flexibility index (Phi) is 5.95. The van der Waals surface area contributed by atoms with E-state index in [1.54, 1.807) is 6.92 Å². The Hall–Kier alpha value is -2.61. The van der Waals surface area contributed by atoms with Crippen LogP contribution in [0, 0.1) is 10.1 Å². The van der Waals surface area contributed by atoms with Gasteiger partial charge in [-0.1, -0.05) is 18.2 Å². The van der Waals surface area contributed by atoms with Crippen LogP contribution in [0.3, 0.4) is 0 Å². The van der Waals surface area contributed by atoms with E-state index in [2.05, 4.69) is 5.32 Å². The molecule has 0 radical (unpaired) electrons. The van der Waals surface area contributed by atoms with Gasteiger partial charge in [-0.25, -0.2) is 4.79 Å². The van der Waals surface area contributed by atoms with Gasteiger partial charge >= 0.3 is 5.97 Å². The molecule has 0 amide bonds. The molecule has 1 aliphatic carbocycles. The molecule has 0 atom stereocenters. The van der Waals surface area contributed by atoms with Gasteiger partial charge in [0.15, 0.2) is 0 Å². The third kappa shape index (κ3) is 4.21. The number of nitrogens with one attached hydrogen (secondary N) is 1. The molecule has 0 saturated carbocycles. The number of non-ortho nitro benzene ring substituents is 1. The van der Waals surface area contributed by atoms with Crippen molar-refractivity contribution in [3.63, 3.8) is 0 Å². The molecule has 2 aliphatic rings. The number of esters is 1. The van der Waals surface area contributed by atoms with E-state index >= 15 is 0 Å². The first-order valence-electron chi connectivity index (χ1n) is 8.88. The maximum absolute atomic E-state index is 13.0. The summed E-state index contributed by atoms with van der Waals surface area (Å²) < 4.78 is 5.12. The maximum Gasteiger partial charge on any atom is 0.356 e. The third-order valence-corrected chi connectivity index (χ3v) is 5.71. The van der Waals surface area contributed by atoms with E-state index in [0.717, 1.165) is 42.7 Å². The molecule has 3 rings (SSSR count). The van der Waals surface area contributed by atoms with Crippen molar-refractivity contribution in [2.45, 2.75) is 39.0 Å². The van der Waals surface area contributed by atoms with E-state index in [9.17, 15) is 19.7 Å². The van der Waals surface area contributed by atoms with Gasteiger partial charge in [0.1, 0.15) is 5.70 Å². The minimum atomic E-state index is -0.564. The van der Waals surface area contributed by atoms with Gasteiger partial charge < -0.3 is 10.1 Å². The fourth-order valence-electron chi connectivity index (χ4n) is 3.05. The number of hydrogen-bond donors (Lipinski definition) is 1. The Morgan fingerprint density at radius 3 is 2.56 bits per heavy atom. The van der Waals surface area contributed by atoms with Crippen molar-refractivity contribution in [1.82, 2.24) is 5.32 Å². The van der Waals surface area contributed by atoms with Crippen molar-refractivity contribution in [2.24, 2.45) is 0 Å². The lowest BCUT2D eigenvalue weighted by Gasteiger charge is -2.24. The first kappa shape index (κ1) is 19.2. The normalized spacial score (nSPS) is 16.9. The zero-order valence-electron chi connectivity index (χ0n) is 14.9. The topological polar surface area (TPSA) is 98.5 Å². The fourth-order valence-corrected chi connectivity index (χ4v) is 4.27. The largest absolute Gasteiger partial charge is 0.461 e. The second-order valence-electron chi connectivity index (χ2n) is 6.25. The number of allylic oxidation sites excluding steroid dienone is 3. The van der Waals surface area contributed by atoms with Gasteiger partial charge in [-0.3, -0.25) is 14.9 Å². The summed E-state index contributed by atoms with van der Waals surface area (Å²) in [6.45, 7) is 1.92. The Morgan fingerprint density at radius 1 is 1.19 bits per heavy atom. The first-order chi connectivity index (χ1) is 13.0. The van der Waals surface area contributed by atoms with Gasteiger partial charge in [-0.15, -0.1) is 0 Å². The second kappa shape index (κ2) is 8.39. The van der Waals surface area contributed by atoms with Crippen molar-refractivity contribution < 1.29 is 19.2 Å². The second-order valence-corrected chi connectivity index (χ2v) is 7.35. The number of nitrogens with zero attached hydrogens (tertiary/aromatic N) is 1. The van der Waals surface area contributed by atoms with E-state index in [4.69, 9.17) is 4.74 Å². The summed E-state index contributed by atoms with van der Waals surface area (Å²) in [5.41, 5.74) is 1.35. The minimum absolute atomic E-state index is 0.0886. The molecule has 27 heavy (non-hydrogen) atoms. The smallest absolute Gasteiger partial charge is 0.356 e. The predicted molar refractivity (Wildman–Crippen MR) is 102 cm³/mol. The van der Waals surface area contributed by atoms with Crippen LogP contribution in [-0.2, 0) is 9.53 Å². The highest BCUT2D eigenvalue weighted by Gasteiger charge is 2.31. The number of benzene rings is 1. The van der Waals surface area contributed by atoms with Crippen LogP contribution in [0.25, 0.3) is 0 Å². The number of ketones is 1. The predicted octanol–water partition coefficient (Wildman–Crippen LogP) is 4.06. The van der Waals surface area contributed by atoms with Gasteiger partial charge in [0.2, 0.25) is 5.78 Å². The highest BCUT2D eigenvalue weighted by Crippen LogP contribution is 2.41. The number of Topliss-reactive ketones (excluding diaryl/α,β-unsaturated/α-hetero) is 1. The number of carbonyl (C=O) groups excluding carboxylic acids is 2. The number of rotatable bonds is 5. The number of thioether (sulfide) groups is 1. The molecule has 0 unspecified atom stereocenters. The van der Waals surface area contributed by atoms with Crippen LogP contribution >= 0.6 is 11.8 Å². The van der Waals surface area contributed by atoms with Crippen LogP contribution in [0.5, 0.6) is 0 Å². The third-order valence-electron chi connectivity index (χ3n) is 4.42. The van der Waals surface area contributed by atoms with Crippen molar-refractivity contribution in [2.75, 3.05) is 6.61 Å². The molecule has 1 aliphatic heterocycles. The Morgan fingerprint density at radius 2 is 1.89 bits per heavy atom. The summed E-state index contributed by atoms with van der Waals surface area (Å²) in [7, 11) is 0. The molecule has 0 bridgehead atoms. The summed E-state index contributed by atoms with van der Waals surface area (Å²) >= 11 is 1.32. The Labute approximate surface area is 161 Å². The summed E-state index contributed by atoms with van der Waals surface area (Å²) in [5, 5.41) is 14.0. The van der Waals surface area contributed by atoms with Crippen molar-refractivity contribution >= 4 is 29.2 Å². The summed E-state index contributed by atoms with van der Waals surface area (Å²) in [5.74, 6) is -0.910. The van der Waals surface area contributed by atoms with Gasteiger partial charge in [0.05, 0.1) is 16.4 Å². The quantitative estimate of drug-likeness (QED) is 0.351. The van der Waals surface area contributed by atoms with E-state index in [1.807, 2.05) is 0 Å². The standard InChI is InChI=1S/C19H20N2O5S/c1-2-26-19(23)16-18(27-15-7-5-3-4-6-14(15)20-16)17(22)12-8-10-13(11-9-12)21(24)25/h8-11,20H,2-7H2,1H3. The van der Waals surface area contributed by atoms with E-state index < -0.39 is 10.9 Å². The maximum atomic E-state index is 13.0. The van der Waals surface area contributed by atoms with Crippen molar-refractivity contribution in [3.8, 4) is 0 Å². The number of ether oxygens (including phenoxy) is 1. The molecule has 0 aromatic heterocycles. The van der Waals surface area contributed by atoms with E-state index in [0.29, 0.717) is 5.56 Å². The highest BCUT2D eigenvalue weighted by molar-refractivity contribution is 8.07.